The largest absolute Gasteiger partial charge is 0.507 e. The number of carbonyl (C=O) groups is 2. The first-order valence-corrected chi connectivity index (χ1v) is 6.88. The Bertz CT molecular complexity index is 931. The summed E-state index contributed by atoms with van der Waals surface area (Å²) in [6, 6.07) is 10.2. The third-order valence-corrected chi connectivity index (χ3v) is 3.42. The van der Waals surface area contributed by atoms with Crippen molar-refractivity contribution < 1.29 is 24.2 Å². The Morgan fingerprint density at radius 2 is 1.87 bits per heavy atom. The van der Waals surface area contributed by atoms with Crippen molar-refractivity contribution in [3.8, 4) is 5.75 Å². The van der Waals surface area contributed by atoms with Crippen LogP contribution in [0.2, 0.25) is 5.02 Å². The van der Waals surface area contributed by atoms with E-state index in [0.717, 1.165) is 6.07 Å². The summed E-state index contributed by atoms with van der Waals surface area (Å²) < 4.78 is 5.42. The van der Waals surface area contributed by atoms with Gasteiger partial charge in [0.2, 0.25) is 0 Å². The Balaban J connectivity index is 1.88. The van der Waals surface area contributed by atoms with E-state index in [1.807, 2.05) is 0 Å². The third-order valence-electron chi connectivity index (χ3n) is 3.19. The van der Waals surface area contributed by atoms with Crippen molar-refractivity contribution >= 4 is 40.1 Å². The maximum Gasteiger partial charge on any atom is 0.339 e. The first-order valence-electron chi connectivity index (χ1n) is 6.51. The van der Waals surface area contributed by atoms with E-state index >= 15 is 0 Å². The molecule has 1 heterocycles. The molecule has 0 saturated carbocycles. The number of benzene rings is 2. The lowest BCUT2D eigenvalue weighted by Crippen LogP contribution is -2.11. The lowest BCUT2D eigenvalue weighted by atomic mass is 10.1. The van der Waals surface area contributed by atoms with Crippen LogP contribution in [-0.4, -0.2) is 22.1 Å². The summed E-state index contributed by atoms with van der Waals surface area (Å²) in [5, 5.41) is 22.1. The molecule has 0 spiro atoms. The summed E-state index contributed by atoms with van der Waals surface area (Å²) in [4.78, 5) is 23.2. The summed E-state index contributed by atoms with van der Waals surface area (Å²) in [7, 11) is 0. The zero-order valence-electron chi connectivity index (χ0n) is 11.5. The van der Waals surface area contributed by atoms with Crippen molar-refractivity contribution in [2.45, 2.75) is 0 Å². The predicted molar refractivity (Wildman–Crippen MR) is 84.2 cm³/mol. The van der Waals surface area contributed by atoms with Gasteiger partial charge in [-0.25, -0.2) is 4.79 Å². The zero-order valence-corrected chi connectivity index (χ0v) is 12.3. The van der Waals surface area contributed by atoms with Crippen LogP contribution >= 0.6 is 11.6 Å². The average molecular weight is 332 g/mol. The third kappa shape index (κ3) is 2.97. The number of fused-ring (bicyclic) bond motifs is 1. The van der Waals surface area contributed by atoms with Gasteiger partial charge in [0.1, 0.15) is 16.9 Å². The van der Waals surface area contributed by atoms with Crippen LogP contribution in [0.15, 0.2) is 46.9 Å². The number of nitrogens with one attached hydrogen (secondary N) is 1. The molecule has 1 amide bonds. The van der Waals surface area contributed by atoms with E-state index in [2.05, 4.69) is 5.32 Å². The molecule has 6 nitrogen and oxygen atoms in total. The van der Waals surface area contributed by atoms with Crippen LogP contribution in [-0.2, 0) is 0 Å². The van der Waals surface area contributed by atoms with Gasteiger partial charge in [0.25, 0.3) is 5.91 Å². The second-order valence-electron chi connectivity index (χ2n) is 4.78. The summed E-state index contributed by atoms with van der Waals surface area (Å²) in [5.74, 6) is -2.16. The molecule has 2 aromatic carbocycles. The molecule has 0 aliphatic heterocycles. The van der Waals surface area contributed by atoms with Gasteiger partial charge < -0.3 is 19.9 Å². The van der Waals surface area contributed by atoms with E-state index in [0.29, 0.717) is 16.0 Å². The Hall–Kier alpha value is -2.99. The highest BCUT2D eigenvalue weighted by molar-refractivity contribution is 6.31. The minimum atomic E-state index is -1.29. The summed E-state index contributed by atoms with van der Waals surface area (Å²) in [5.41, 5.74) is 0.430. The quantitative estimate of drug-likeness (QED) is 0.635. The Morgan fingerprint density at radius 1 is 1.09 bits per heavy atom. The molecule has 0 radical (unpaired) electrons. The molecule has 1 aromatic heterocycles. The van der Waals surface area contributed by atoms with Gasteiger partial charge in [-0.1, -0.05) is 11.6 Å². The van der Waals surface area contributed by atoms with Crippen LogP contribution in [0, 0.1) is 0 Å². The molecule has 0 saturated heterocycles. The number of halogens is 1. The van der Waals surface area contributed by atoms with E-state index in [9.17, 15) is 14.7 Å². The van der Waals surface area contributed by atoms with Crippen molar-refractivity contribution in [2.24, 2.45) is 0 Å². The Kier molecular flexibility index (Phi) is 3.67. The molecule has 0 fully saturated rings. The van der Waals surface area contributed by atoms with Gasteiger partial charge in [0.15, 0.2) is 5.76 Å². The lowest BCUT2D eigenvalue weighted by Gasteiger charge is -2.05. The molecule has 3 rings (SSSR count). The number of hydrogen-bond donors (Lipinski definition) is 3. The number of phenols is 1. The normalized spacial score (nSPS) is 10.7. The minimum absolute atomic E-state index is 0.0622. The maximum atomic E-state index is 12.2. The molecule has 0 aliphatic rings. The molecule has 3 N–H and O–H groups in total. The molecule has 7 heteroatoms. The van der Waals surface area contributed by atoms with E-state index in [-0.39, 0.29) is 22.8 Å². The van der Waals surface area contributed by atoms with Gasteiger partial charge in [-0.3, -0.25) is 4.79 Å². The Morgan fingerprint density at radius 3 is 2.61 bits per heavy atom. The fourth-order valence-electron chi connectivity index (χ4n) is 2.10. The van der Waals surface area contributed by atoms with Crippen molar-refractivity contribution in [3.63, 3.8) is 0 Å². The van der Waals surface area contributed by atoms with E-state index in [1.54, 1.807) is 18.2 Å². The highest BCUT2D eigenvalue weighted by Gasteiger charge is 2.15. The topological polar surface area (TPSA) is 99.8 Å². The first-order chi connectivity index (χ1) is 10.9. The first kappa shape index (κ1) is 14.9. The smallest absolute Gasteiger partial charge is 0.339 e. The molecule has 0 bridgehead atoms. The highest BCUT2D eigenvalue weighted by Crippen LogP contribution is 2.25. The summed E-state index contributed by atoms with van der Waals surface area (Å²) >= 11 is 5.88. The van der Waals surface area contributed by atoms with Gasteiger partial charge in [0, 0.05) is 16.1 Å². The number of amides is 1. The van der Waals surface area contributed by atoms with Gasteiger partial charge in [-0.15, -0.1) is 0 Å². The van der Waals surface area contributed by atoms with Gasteiger partial charge in [0.05, 0.1) is 0 Å². The number of aromatic hydroxyl groups is 1. The number of anilines is 1. The lowest BCUT2D eigenvalue weighted by molar-refractivity contribution is 0.0693. The van der Waals surface area contributed by atoms with Crippen LogP contribution in [0.25, 0.3) is 11.0 Å². The summed E-state index contributed by atoms with van der Waals surface area (Å²) in [6.07, 6.45) is 0. The maximum absolute atomic E-state index is 12.2. The molecular weight excluding hydrogens is 322 g/mol. The van der Waals surface area contributed by atoms with Gasteiger partial charge in [-0.05, 0) is 42.5 Å². The number of aromatic carboxylic acids is 1. The van der Waals surface area contributed by atoms with Gasteiger partial charge >= 0.3 is 5.97 Å². The fourth-order valence-corrected chi connectivity index (χ4v) is 2.28. The molecule has 116 valence electrons. The number of carbonyl (C=O) groups excluding carboxylic acids is 1. The van der Waals surface area contributed by atoms with E-state index < -0.39 is 11.9 Å². The average Bonchev–Trinajstić information content (AvgIpc) is 2.92. The highest BCUT2D eigenvalue weighted by atomic mass is 35.5. The second kappa shape index (κ2) is 5.66. The molecule has 0 unspecified atom stereocenters. The van der Waals surface area contributed by atoms with Crippen molar-refractivity contribution in [1.29, 1.82) is 0 Å². The number of furan rings is 1. The number of rotatable bonds is 3. The van der Waals surface area contributed by atoms with Crippen LogP contribution in [0.5, 0.6) is 5.75 Å². The van der Waals surface area contributed by atoms with Crippen molar-refractivity contribution in [1.82, 2.24) is 0 Å². The zero-order chi connectivity index (χ0) is 16.6. The number of hydrogen-bond acceptors (Lipinski definition) is 4. The monoisotopic (exact) mass is 331 g/mol. The molecule has 0 aliphatic carbocycles. The fraction of sp³-hybridized carbons (Fsp3) is 0. The van der Waals surface area contributed by atoms with Gasteiger partial charge in [-0.2, -0.15) is 0 Å². The summed E-state index contributed by atoms with van der Waals surface area (Å²) in [6.45, 7) is 0. The van der Waals surface area contributed by atoms with Crippen molar-refractivity contribution in [3.05, 3.63) is 58.8 Å². The predicted octanol–water partition coefficient (Wildman–Crippen LogP) is 3.74. The number of carboxylic acid groups (broad SMARTS) is 1. The van der Waals surface area contributed by atoms with Crippen LogP contribution < -0.4 is 5.32 Å². The minimum Gasteiger partial charge on any atom is -0.507 e. The molecule has 23 heavy (non-hydrogen) atoms. The standard InChI is InChI=1S/C16H10ClNO5/c17-9-1-4-13-8(5-9)6-14(23-13)15(20)18-10-2-3-12(19)11(7-10)16(21)22/h1-7,19H,(H,18,20)(H,21,22). The van der Waals surface area contributed by atoms with Crippen molar-refractivity contribution in [2.75, 3.05) is 5.32 Å². The second-order valence-corrected chi connectivity index (χ2v) is 5.22. The van der Waals surface area contributed by atoms with E-state index in [1.165, 1.54) is 18.2 Å². The van der Waals surface area contributed by atoms with Crippen LogP contribution in [0.1, 0.15) is 20.9 Å². The number of carboxylic acids is 1. The SMILES string of the molecule is O=C(Nc1ccc(O)c(C(=O)O)c1)c1cc2cc(Cl)ccc2o1. The Labute approximate surface area is 134 Å². The van der Waals surface area contributed by atoms with E-state index in [4.69, 9.17) is 21.1 Å². The van der Waals surface area contributed by atoms with Crippen LogP contribution in [0.3, 0.4) is 0 Å². The molecular formula is C16H10ClNO5. The van der Waals surface area contributed by atoms with Crippen LogP contribution in [0.4, 0.5) is 5.69 Å². The molecule has 3 aromatic rings. The molecule has 0 atom stereocenters.